The molecule has 3 aromatic rings. The number of aromatic nitrogens is 1. The monoisotopic (exact) mass is 483 g/mol. The van der Waals surface area contributed by atoms with E-state index in [-0.39, 0.29) is 29.6 Å². The van der Waals surface area contributed by atoms with Crippen molar-refractivity contribution in [2.45, 2.75) is 37.5 Å². The molecule has 2 atom stereocenters. The second-order valence-electron chi connectivity index (χ2n) is 8.74. The fourth-order valence-electron chi connectivity index (χ4n) is 4.35. The van der Waals surface area contributed by atoms with Crippen molar-refractivity contribution in [1.29, 1.82) is 0 Å². The standard InChI is InChI=1S/C25H29N3O5S/c1-18-13-28(14-19(2)33-18)24(29)16-27-15-23(21-11-7-8-12-22(21)27)34(31,32)17-25(30)26(3)20-9-5-4-6-10-20/h4-12,15,18-19H,13-14,16-17H2,1-3H3/t18-,19-/m0/s1. The van der Waals surface area contributed by atoms with Crippen LogP contribution in [0, 0.1) is 0 Å². The summed E-state index contributed by atoms with van der Waals surface area (Å²) in [4.78, 5) is 28.9. The minimum atomic E-state index is -3.95. The van der Waals surface area contributed by atoms with Gasteiger partial charge in [0.05, 0.1) is 17.1 Å². The van der Waals surface area contributed by atoms with Crippen LogP contribution in [0.3, 0.4) is 0 Å². The van der Waals surface area contributed by atoms with Crippen LogP contribution in [-0.2, 0) is 30.7 Å². The van der Waals surface area contributed by atoms with Crippen LogP contribution >= 0.6 is 0 Å². The first-order chi connectivity index (χ1) is 16.2. The molecule has 8 nitrogen and oxygen atoms in total. The molecule has 34 heavy (non-hydrogen) atoms. The molecule has 9 heteroatoms. The van der Waals surface area contributed by atoms with Gasteiger partial charge in [0.2, 0.25) is 11.8 Å². The first-order valence-corrected chi connectivity index (χ1v) is 12.9. The van der Waals surface area contributed by atoms with E-state index >= 15 is 0 Å². The quantitative estimate of drug-likeness (QED) is 0.538. The maximum Gasteiger partial charge on any atom is 0.242 e. The number of carbonyl (C=O) groups excluding carboxylic acids is 2. The molecule has 0 N–H and O–H groups in total. The highest BCUT2D eigenvalue weighted by Gasteiger charge is 2.29. The largest absolute Gasteiger partial charge is 0.372 e. The lowest BCUT2D eigenvalue weighted by Crippen LogP contribution is -2.49. The van der Waals surface area contributed by atoms with Crippen LogP contribution in [0.25, 0.3) is 10.9 Å². The number of rotatable bonds is 6. The highest BCUT2D eigenvalue weighted by atomic mass is 32.2. The van der Waals surface area contributed by atoms with E-state index in [1.165, 1.54) is 11.1 Å². The molecule has 0 spiro atoms. The summed E-state index contributed by atoms with van der Waals surface area (Å²) in [5.41, 5.74) is 1.25. The Morgan fingerprint density at radius 2 is 1.62 bits per heavy atom. The van der Waals surface area contributed by atoms with E-state index in [9.17, 15) is 18.0 Å². The second kappa shape index (κ2) is 9.60. The predicted molar refractivity (Wildman–Crippen MR) is 130 cm³/mol. The summed E-state index contributed by atoms with van der Waals surface area (Å²) in [6.07, 6.45) is 1.36. The number of sulfone groups is 1. The molecule has 0 bridgehead atoms. The number of para-hydroxylation sites is 2. The highest BCUT2D eigenvalue weighted by molar-refractivity contribution is 7.92. The summed E-state index contributed by atoms with van der Waals surface area (Å²) < 4.78 is 34.0. The third-order valence-electron chi connectivity index (χ3n) is 6.00. The number of carbonyl (C=O) groups is 2. The molecule has 180 valence electrons. The number of ether oxygens (including phenoxy) is 1. The van der Waals surface area contributed by atoms with Crippen LogP contribution in [0.15, 0.2) is 65.7 Å². The number of hydrogen-bond donors (Lipinski definition) is 0. The van der Waals surface area contributed by atoms with Crippen LogP contribution in [0.1, 0.15) is 13.8 Å². The molecule has 1 aliphatic heterocycles. The molecule has 2 aromatic carbocycles. The molecular formula is C25H29N3O5S. The van der Waals surface area contributed by atoms with Gasteiger partial charge in [-0.1, -0.05) is 36.4 Å². The van der Waals surface area contributed by atoms with Crippen molar-refractivity contribution in [2.75, 3.05) is 30.8 Å². The van der Waals surface area contributed by atoms with Crippen LogP contribution in [0.4, 0.5) is 5.69 Å². The lowest BCUT2D eigenvalue weighted by molar-refractivity contribution is -0.143. The Hall–Kier alpha value is -3.17. The van der Waals surface area contributed by atoms with Gasteiger partial charge in [-0.25, -0.2) is 8.42 Å². The molecule has 0 unspecified atom stereocenters. The second-order valence-corrected chi connectivity index (χ2v) is 10.7. The molecule has 1 saturated heterocycles. The Morgan fingerprint density at radius 3 is 2.29 bits per heavy atom. The fraction of sp³-hybridized carbons (Fsp3) is 0.360. The molecule has 0 saturated carbocycles. The molecule has 0 radical (unpaired) electrons. The van der Waals surface area contributed by atoms with Gasteiger partial charge in [0.15, 0.2) is 9.84 Å². The van der Waals surface area contributed by atoms with Gasteiger partial charge in [-0.15, -0.1) is 0 Å². The number of nitrogens with zero attached hydrogens (tertiary/aromatic N) is 3. The average molecular weight is 484 g/mol. The Kier molecular flexibility index (Phi) is 6.77. The van der Waals surface area contributed by atoms with Crippen molar-refractivity contribution < 1.29 is 22.7 Å². The fourth-order valence-corrected chi connectivity index (χ4v) is 5.82. The van der Waals surface area contributed by atoms with E-state index in [1.54, 1.807) is 65.0 Å². The summed E-state index contributed by atoms with van der Waals surface area (Å²) in [6, 6.07) is 15.9. The zero-order valence-electron chi connectivity index (χ0n) is 19.5. The van der Waals surface area contributed by atoms with Gasteiger partial charge in [0, 0.05) is 42.9 Å². The minimum Gasteiger partial charge on any atom is -0.372 e. The van der Waals surface area contributed by atoms with Crippen LogP contribution in [-0.4, -0.2) is 67.8 Å². The van der Waals surface area contributed by atoms with Gasteiger partial charge < -0.3 is 19.1 Å². The number of anilines is 1. The number of morpholine rings is 1. The zero-order valence-corrected chi connectivity index (χ0v) is 20.4. The molecule has 1 aromatic heterocycles. The van der Waals surface area contributed by atoms with E-state index in [1.807, 2.05) is 19.9 Å². The topological polar surface area (TPSA) is 88.9 Å². The minimum absolute atomic E-state index is 0.00728. The SMILES string of the molecule is C[C@H]1CN(C(=O)Cn2cc(S(=O)(=O)CC(=O)N(C)c3ccccc3)c3ccccc32)C[C@H](C)O1. The Bertz CT molecular complexity index is 1290. The summed E-state index contributed by atoms with van der Waals surface area (Å²) in [6.45, 7) is 4.85. The van der Waals surface area contributed by atoms with Crippen molar-refractivity contribution in [3.8, 4) is 0 Å². The molecule has 2 heterocycles. The Labute approximate surface area is 199 Å². The first-order valence-electron chi connectivity index (χ1n) is 11.2. The summed E-state index contributed by atoms with van der Waals surface area (Å²) in [5.74, 6) is -1.30. The van der Waals surface area contributed by atoms with Gasteiger partial charge in [-0.05, 0) is 32.0 Å². The van der Waals surface area contributed by atoms with Gasteiger partial charge >= 0.3 is 0 Å². The maximum atomic E-state index is 13.3. The van der Waals surface area contributed by atoms with E-state index in [0.717, 1.165) is 0 Å². The first kappa shape index (κ1) is 24.0. The molecular weight excluding hydrogens is 454 g/mol. The van der Waals surface area contributed by atoms with Crippen molar-refractivity contribution in [3.05, 3.63) is 60.8 Å². The summed E-state index contributed by atoms with van der Waals surface area (Å²) in [7, 11) is -2.40. The summed E-state index contributed by atoms with van der Waals surface area (Å²) >= 11 is 0. The van der Waals surface area contributed by atoms with Crippen molar-refractivity contribution >= 4 is 38.2 Å². The smallest absolute Gasteiger partial charge is 0.242 e. The van der Waals surface area contributed by atoms with Gasteiger partial charge in [0.25, 0.3) is 0 Å². The van der Waals surface area contributed by atoms with Crippen molar-refractivity contribution in [3.63, 3.8) is 0 Å². The highest BCUT2D eigenvalue weighted by Crippen LogP contribution is 2.27. The molecule has 2 amide bonds. The predicted octanol–water partition coefficient (Wildman–Crippen LogP) is 2.71. The van der Waals surface area contributed by atoms with Crippen LogP contribution in [0.5, 0.6) is 0 Å². The van der Waals surface area contributed by atoms with Crippen LogP contribution < -0.4 is 4.90 Å². The van der Waals surface area contributed by atoms with E-state index < -0.39 is 21.5 Å². The molecule has 0 aliphatic carbocycles. The maximum absolute atomic E-state index is 13.3. The Balaban J connectivity index is 1.59. The normalized spacial score (nSPS) is 18.7. The molecule has 1 aliphatic rings. The molecule has 1 fully saturated rings. The Morgan fingerprint density at radius 1 is 1.00 bits per heavy atom. The van der Waals surface area contributed by atoms with E-state index in [2.05, 4.69) is 0 Å². The number of hydrogen-bond acceptors (Lipinski definition) is 5. The summed E-state index contributed by atoms with van der Waals surface area (Å²) in [5, 5.41) is 0.495. The lowest BCUT2D eigenvalue weighted by atomic mass is 10.2. The molecule has 4 rings (SSSR count). The van der Waals surface area contributed by atoms with E-state index in [4.69, 9.17) is 4.74 Å². The zero-order chi connectivity index (χ0) is 24.5. The number of benzene rings is 2. The van der Waals surface area contributed by atoms with Crippen molar-refractivity contribution in [2.24, 2.45) is 0 Å². The van der Waals surface area contributed by atoms with Crippen molar-refractivity contribution in [1.82, 2.24) is 9.47 Å². The average Bonchev–Trinajstić information content (AvgIpc) is 3.17. The number of amides is 2. The third kappa shape index (κ3) is 5.00. The van der Waals surface area contributed by atoms with Gasteiger partial charge in [-0.3, -0.25) is 9.59 Å². The third-order valence-corrected chi connectivity index (χ3v) is 7.62. The van der Waals surface area contributed by atoms with Crippen LogP contribution in [0.2, 0.25) is 0 Å². The lowest BCUT2D eigenvalue weighted by Gasteiger charge is -2.35. The number of fused-ring (bicyclic) bond motifs is 1. The van der Waals surface area contributed by atoms with Gasteiger partial charge in [0.1, 0.15) is 12.3 Å². The van der Waals surface area contributed by atoms with E-state index in [0.29, 0.717) is 29.7 Å². The van der Waals surface area contributed by atoms with Gasteiger partial charge in [-0.2, -0.15) is 0 Å².